The van der Waals surface area contributed by atoms with Crippen LogP contribution in [0.2, 0.25) is 0 Å². The van der Waals surface area contributed by atoms with Gasteiger partial charge in [0.15, 0.2) is 0 Å². The van der Waals surface area contributed by atoms with Crippen LogP contribution in [0.3, 0.4) is 0 Å². The molecule has 0 aliphatic carbocycles. The van der Waals surface area contributed by atoms with Gasteiger partial charge in [-0.3, -0.25) is 0 Å². The number of hydrogen-bond acceptors (Lipinski definition) is 3. The van der Waals surface area contributed by atoms with E-state index in [9.17, 15) is 0 Å². The Labute approximate surface area is 128 Å². The Bertz CT molecular complexity index is 584. The van der Waals surface area contributed by atoms with Crippen LogP contribution >= 0.6 is 15.9 Å². The van der Waals surface area contributed by atoms with Crippen LogP contribution in [0.15, 0.2) is 41.0 Å². The third kappa shape index (κ3) is 3.81. The van der Waals surface area contributed by atoms with Gasteiger partial charge in [-0.25, -0.2) is 4.98 Å². The largest absolute Gasteiger partial charge is 0.384 e. The minimum absolute atomic E-state index is 0.261. The third-order valence-electron chi connectivity index (χ3n) is 3.27. The van der Waals surface area contributed by atoms with E-state index in [1.165, 1.54) is 16.7 Å². The molecule has 1 aromatic heterocycles. The number of rotatable bonds is 5. The van der Waals surface area contributed by atoms with Gasteiger partial charge in [0.2, 0.25) is 0 Å². The Morgan fingerprint density at radius 2 is 2.10 bits per heavy atom. The van der Waals surface area contributed by atoms with Crippen molar-refractivity contribution in [3.8, 4) is 0 Å². The fourth-order valence-electron chi connectivity index (χ4n) is 2.31. The van der Waals surface area contributed by atoms with Crippen molar-refractivity contribution < 1.29 is 0 Å². The Balaban J connectivity index is 2.26. The smallest absolute Gasteiger partial charge is 0.123 e. The van der Waals surface area contributed by atoms with Crippen molar-refractivity contribution in [1.29, 1.82) is 0 Å². The maximum Gasteiger partial charge on any atom is 0.123 e. The molecule has 0 saturated carbocycles. The van der Waals surface area contributed by atoms with E-state index in [-0.39, 0.29) is 6.04 Å². The van der Waals surface area contributed by atoms with Crippen molar-refractivity contribution in [1.82, 2.24) is 10.3 Å². The molecule has 0 amide bonds. The van der Waals surface area contributed by atoms with Crippen LogP contribution in [0.5, 0.6) is 0 Å². The molecule has 1 unspecified atom stereocenters. The molecule has 2 aromatic rings. The van der Waals surface area contributed by atoms with Gasteiger partial charge in [0.05, 0.1) is 0 Å². The molecule has 0 saturated heterocycles. The highest BCUT2D eigenvalue weighted by Gasteiger charge is 2.14. The lowest BCUT2D eigenvalue weighted by Gasteiger charge is -2.20. The monoisotopic (exact) mass is 333 g/mol. The lowest BCUT2D eigenvalue weighted by Crippen LogP contribution is -2.23. The highest BCUT2D eigenvalue weighted by molar-refractivity contribution is 9.10. The van der Waals surface area contributed by atoms with Crippen LogP contribution in [-0.4, -0.2) is 11.5 Å². The molecule has 1 atom stereocenters. The molecule has 4 heteroatoms. The molecule has 0 aliphatic rings. The number of benzene rings is 1. The molecule has 0 radical (unpaired) electrons. The second-order valence-electron chi connectivity index (χ2n) is 4.93. The lowest BCUT2D eigenvalue weighted by atomic mass is 9.98. The van der Waals surface area contributed by atoms with Crippen molar-refractivity contribution in [2.75, 3.05) is 12.3 Å². The van der Waals surface area contributed by atoms with Gasteiger partial charge >= 0.3 is 0 Å². The number of aryl methyl sites for hydroxylation is 1. The molecule has 3 nitrogen and oxygen atoms in total. The number of likely N-dealkylation sites (N-methyl/N-ethyl adjacent to an activating group) is 1. The normalized spacial score (nSPS) is 12.3. The van der Waals surface area contributed by atoms with Crippen LogP contribution in [-0.2, 0) is 6.42 Å². The fourth-order valence-corrected chi connectivity index (χ4v) is 3.08. The molecule has 0 bridgehead atoms. The van der Waals surface area contributed by atoms with Gasteiger partial charge in [0, 0.05) is 16.7 Å². The summed E-state index contributed by atoms with van der Waals surface area (Å²) in [6.07, 6.45) is 2.65. The maximum atomic E-state index is 5.76. The SMILES string of the molecule is CCNC(Cc1ccnc(N)c1)c1ccc(C)cc1Br. The highest BCUT2D eigenvalue weighted by atomic mass is 79.9. The number of nitrogens with two attached hydrogens (primary N) is 1. The number of nitrogens with one attached hydrogen (secondary N) is 1. The van der Waals surface area contributed by atoms with E-state index in [0.717, 1.165) is 17.4 Å². The zero-order valence-electron chi connectivity index (χ0n) is 11.9. The molecule has 0 aliphatic heterocycles. The second kappa shape index (κ2) is 6.86. The van der Waals surface area contributed by atoms with Crippen molar-refractivity contribution in [2.24, 2.45) is 0 Å². The number of pyridine rings is 1. The zero-order valence-corrected chi connectivity index (χ0v) is 13.4. The van der Waals surface area contributed by atoms with Gasteiger partial charge in [-0.1, -0.05) is 35.0 Å². The van der Waals surface area contributed by atoms with Gasteiger partial charge < -0.3 is 11.1 Å². The quantitative estimate of drug-likeness (QED) is 0.878. The predicted octanol–water partition coefficient (Wildman–Crippen LogP) is 3.63. The molecule has 0 fully saturated rings. The topological polar surface area (TPSA) is 50.9 Å². The van der Waals surface area contributed by atoms with Crippen LogP contribution in [0.1, 0.15) is 29.7 Å². The summed E-state index contributed by atoms with van der Waals surface area (Å²) < 4.78 is 1.14. The average Bonchev–Trinajstić information content (AvgIpc) is 2.38. The number of nitrogen functional groups attached to an aromatic ring is 1. The summed E-state index contributed by atoms with van der Waals surface area (Å²) in [6.45, 7) is 5.14. The van der Waals surface area contributed by atoms with Gasteiger partial charge in [-0.2, -0.15) is 0 Å². The second-order valence-corrected chi connectivity index (χ2v) is 5.78. The first-order valence-electron chi connectivity index (χ1n) is 6.80. The van der Waals surface area contributed by atoms with Crippen LogP contribution < -0.4 is 11.1 Å². The van der Waals surface area contributed by atoms with Crippen molar-refractivity contribution >= 4 is 21.7 Å². The Morgan fingerprint density at radius 1 is 1.30 bits per heavy atom. The van der Waals surface area contributed by atoms with E-state index in [0.29, 0.717) is 5.82 Å². The highest BCUT2D eigenvalue weighted by Crippen LogP contribution is 2.27. The van der Waals surface area contributed by atoms with Crippen molar-refractivity contribution in [3.05, 3.63) is 57.7 Å². The zero-order chi connectivity index (χ0) is 14.5. The third-order valence-corrected chi connectivity index (χ3v) is 3.95. The summed E-state index contributed by atoms with van der Waals surface area (Å²) in [7, 11) is 0. The average molecular weight is 334 g/mol. The molecular weight excluding hydrogens is 314 g/mol. The first-order chi connectivity index (χ1) is 9.60. The van der Waals surface area contributed by atoms with E-state index in [1.807, 2.05) is 12.1 Å². The minimum Gasteiger partial charge on any atom is -0.384 e. The summed E-state index contributed by atoms with van der Waals surface area (Å²) in [5, 5.41) is 3.54. The number of halogens is 1. The van der Waals surface area contributed by atoms with Gasteiger partial charge in [0.25, 0.3) is 0 Å². The van der Waals surface area contributed by atoms with Crippen molar-refractivity contribution in [3.63, 3.8) is 0 Å². The van der Waals surface area contributed by atoms with Gasteiger partial charge in [-0.15, -0.1) is 0 Å². The van der Waals surface area contributed by atoms with E-state index in [4.69, 9.17) is 5.73 Å². The molecular formula is C16H20BrN3. The van der Waals surface area contributed by atoms with Crippen molar-refractivity contribution in [2.45, 2.75) is 26.3 Å². The first kappa shape index (κ1) is 15.0. The Hall–Kier alpha value is -1.39. The fraction of sp³-hybridized carbons (Fsp3) is 0.312. The molecule has 3 N–H and O–H groups in total. The molecule has 1 heterocycles. The standard InChI is InChI=1S/C16H20BrN3/c1-3-19-15(9-12-6-7-20-16(18)10-12)13-5-4-11(2)8-14(13)17/h4-8,10,15,19H,3,9H2,1-2H3,(H2,18,20). The van der Waals surface area contributed by atoms with E-state index in [2.05, 4.69) is 58.3 Å². The summed E-state index contributed by atoms with van der Waals surface area (Å²) in [5.41, 5.74) is 9.47. The predicted molar refractivity (Wildman–Crippen MR) is 87.7 cm³/mol. The first-order valence-corrected chi connectivity index (χ1v) is 7.59. The number of hydrogen-bond donors (Lipinski definition) is 2. The molecule has 0 spiro atoms. The Kier molecular flexibility index (Phi) is 5.15. The van der Waals surface area contributed by atoms with E-state index < -0.39 is 0 Å². The minimum atomic E-state index is 0.261. The van der Waals surface area contributed by atoms with Crippen LogP contribution in [0.25, 0.3) is 0 Å². The lowest BCUT2D eigenvalue weighted by molar-refractivity contribution is 0.548. The maximum absolute atomic E-state index is 5.76. The number of aromatic nitrogens is 1. The number of nitrogens with zero attached hydrogens (tertiary/aromatic N) is 1. The summed E-state index contributed by atoms with van der Waals surface area (Å²) in [4.78, 5) is 4.04. The van der Waals surface area contributed by atoms with E-state index >= 15 is 0 Å². The van der Waals surface area contributed by atoms with Crippen LogP contribution in [0.4, 0.5) is 5.82 Å². The van der Waals surface area contributed by atoms with Gasteiger partial charge in [0.1, 0.15) is 5.82 Å². The van der Waals surface area contributed by atoms with Gasteiger partial charge in [-0.05, 0) is 54.8 Å². The molecule has 20 heavy (non-hydrogen) atoms. The van der Waals surface area contributed by atoms with E-state index in [1.54, 1.807) is 6.20 Å². The number of anilines is 1. The Morgan fingerprint density at radius 3 is 2.75 bits per heavy atom. The summed E-state index contributed by atoms with van der Waals surface area (Å²) in [5.74, 6) is 0.570. The van der Waals surface area contributed by atoms with Crippen LogP contribution in [0, 0.1) is 6.92 Å². The molecule has 106 valence electrons. The molecule has 2 rings (SSSR count). The summed E-state index contributed by atoms with van der Waals surface area (Å²) >= 11 is 3.67. The summed E-state index contributed by atoms with van der Waals surface area (Å²) in [6, 6.07) is 10.7. The molecule has 1 aromatic carbocycles.